The summed E-state index contributed by atoms with van der Waals surface area (Å²) < 4.78 is 0. The average Bonchev–Trinajstić information content (AvgIpc) is 2.92. The fourth-order valence-corrected chi connectivity index (χ4v) is 3.62. The van der Waals surface area contributed by atoms with Crippen LogP contribution >= 0.6 is 0 Å². The molecule has 3 aromatic rings. The minimum Gasteiger partial charge on any atom is -0.313 e. The van der Waals surface area contributed by atoms with E-state index in [1.165, 1.54) is 5.56 Å². The number of aliphatic imine (C=N–C) groups is 2. The Morgan fingerprint density at radius 2 is 1.66 bits per heavy atom. The number of rotatable bonds is 16. The van der Waals surface area contributed by atoms with Crippen LogP contribution in [0.25, 0.3) is 6.08 Å². The van der Waals surface area contributed by atoms with Gasteiger partial charge in [0.05, 0.1) is 12.6 Å². The highest BCUT2D eigenvalue weighted by Crippen LogP contribution is 2.06. The molecule has 4 heteroatoms. The highest BCUT2D eigenvalue weighted by atomic mass is 14.9. The molecule has 0 saturated heterocycles. The second-order valence-electron chi connectivity index (χ2n) is 8.47. The molecule has 0 aliphatic rings. The van der Waals surface area contributed by atoms with Crippen molar-refractivity contribution < 1.29 is 0 Å². The molecule has 0 aliphatic carbocycles. The van der Waals surface area contributed by atoms with E-state index in [1.807, 2.05) is 36.7 Å². The molecule has 180 valence electrons. The lowest BCUT2D eigenvalue weighted by atomic mass is 10.1. The van der Waals surface area contributed by atoms with Gasteiger partial charge in [-0.25, -0.2) is 0 Å². The van der Waals surface area contributed by atoms with Crippen LogP contribution in [0.1, 0.15) is 41.5 Å². The molecule has 3 aromatic carbocycles. The molecule has 2 N–H and O–H groups in total. The van der Waals surface area contributed by atoms with Gasteiger partial charge in [0.15, 0.2) is 0 Å². The number of benzene rings is 2. The van der Waals surface area contributed by atoms with E-state index in [0.29, 0.717) is 0 Å². The molecule has 0 aromatic heterocycles. The highest BCUT2D eigenvalue weighted by molar-refractivity contribution is 5.80. The number of nitrogens with zero attached hydrogens (tertiary/aromatic N) is 2. The molecule has 1 atom stereocenters. The number of nitrogens with one attached hydrogen (secondary N) is 2. The summed E-state index contributed by atoms with van der Waals surface area (Å²) in [4.78, 5) is 9.39. The Morgan fingerprint density at radius 1 is 0.829 bits per heavy atom. The first-order valence-electron chi connectivity index (χ1n) is 12.4. The normalized spacial score (nSPS) is 12.1. The van der Waals surface area contributed by atoms with Crippen LogP contribution in [-0.2, 0) is 6.54 Å². The summed E-state index contributed by atoms with van der Waals surface area (Å²) in [6, 6.07) is 30.7. The van der Waals surface area contributed by atoms with Crippen molar-refractivity contribution in [1.29, 1.82) is 0 Å². The number of hydrogen-bond donors (Lipinski definition) is 2. The van der Waals surface area contributed by atoms with Gasteiger partial charge in [0.25, 0.3) is 0 Å². The standard InChI is InChI=1S/C31H36N4/c1-2-27-16-18-30(19-17-27)24-33-21-22-34-26-31(35-25-29-13-7-4-8-14-29)15-9-10-20-32-23-28-11-5-3-6-12-28/h2-3,5-7,11-14,16-19,24-25,31-32,34H,1,9-10,15,20-23,26H2/b33-24+,35-25+. The Kier molecular flexibility index (Phi) is 12.1. The molecule has 0 spiro atoms. The van der Waals surface area contributed by atoms with Crippen molar-refractivity contribution in [1.82, 2.24) is 10.6 Å². The zero-order chi connectivity index (χ0) is 24.4. The molecule has 35 heavy (non-hydrogen) atoms. The molecule has 0 saturated carbocycles. The fraction of sp³-hybridized carbons (Fsp3) is 0.290. The van der Waals surface area contributed by atoms with Crippen molar-refractivity contribution in [3.63, 3.8) is 0 Å². The van der Waals surface area contributed by atoms with Crippen molar-refractivity contribution in [2.75, 3.05) is 26.2 Å². The fourth-order valence-electron chi connectivity index (χ4n) is 3.62. The Balaban J connectivity index is 1.37. The Hall–Kier alpha value is -3.52. The smallest absolute Gasteiger partial charge is 0.0624 e. The summed E-state index contributed by atoms with van der Waals surface area (Å²) >= 11 is 0. The molecular weight excluding hydrogens is 428 g/mol. The SMILES string of the molecule is C=Cc1ccc(/C=N/CCNCC(CCCCNCc2ccccc2)/N=C/c2cc#ccc2)cc1. The molecule has 0 bridgehead atoms. The third-order valence-electron chi connectivity index (χ3n) is 5.64. The third kappa shape index (κ3) is 11.0. The maximum atomic E-state index is 4.85. The summed E-state index contributed by atoms with van der Waals surface area (Å²) in [5, 5.41) is 7.07. The van der Waals surface area contributed by atoms with Gasteiger partial charge in [-0.2, -0.15) is 0 Å². The summed E-state index contributed by atoms with van der Waals surface area (Å²) in [5.74, 6) is 0. The lowest BCUT2D eigenvalue weighted by Crippen LogP contribution is -2.28. The van der Waals surface area contributed by atoms with Crippen LogP contribution in [0, 0.1) is 12.1 Å². The van der Waals surface area contributed by atoms with Crippen molar-refractivity contribution in [2.45, 2.75) is 31.8 Å². The maximum Gasteiger partial charge on any atom is 0.0624 e. The van der Waals surface area contributed by atoms with Crippen molar-refractivity contribution in [3.05, 3.63) is 114 Å². The molecular formula is C31H36N4. The second-order valence-corrected chi connectivity index (χ2v) is 8.47. The van der Waals surface area contributed by atoms with Crippen LogP contribution in [-0.4, -0.2) is 44.7 Å². The molecule has 3 rings (SSSR count). The summed E-state index contributed by atoms with van der Waals surface area (Å²) in [6.07, 6.45) is 9.06. The lowest BCUT2D eigenvalue weighted by molar-refractivity contribution is 0.513. The van der Waals surface area contributed by atoms with Crippen LogP contribution in [0.3, 0.4) is 0 Å². The van der Waals surface area contributed by atoms with Gasteiger partial charge in [-0.1, -0.05) is 85.8 Å². The maximum absolute atomic E-state index is 4.85. The Bertz CT molecular complexity index is 1010. The molecule has 1 unspecified atom stereocenters. The molecule has 0 radical (unpaired) electrons. The van der Waals surface area contributed by atoms with E-state index in [-0.39, 0.29) is 6.04 Å². The van der Waals surface area contributed by atoms with E-state index in [0.717, 1.165) is 68.7 Å². The van der Waals surface area contributed by atoms with E-state index < -0.39 is 0 Å². The molecule has 0 fully saturated rings. The van der Waals surface area contributed by atoms with Crippen LogP contribution in [0.2, 0.25) is 0 Å². The summed E-state index contributed by atoms with van der Waals surface area (Å²) in [6.45, 7) is 8.15. The Morgan fingerprint density at radius 3 is 2.43 bits per heavy atom. The van der Waals surface area contributed by atoms with Gasteiger partial charge < -0.3 is 10.6 Å². The highest BCUT2D eigenvalue weighted by Gasteiger charge is 2.06. The van der Waals surface area contributed by atoms with Gasteiger partial charge in [0, 0.05) is 37.6 Å². The first-order chi connectivity index (χ1) is 17.3. The van der Waals surface area contributed by atoms with Crippen molar-refractivity contribution >= 4 is 18.5 Å². The van der Waals surface area contributed by atoms with Gasteiger partial charge in [-0.05, 0) is 54.3 Å². The van der Waals surface area contributed by atoms with E-state index in [2.05, 4.69) is 88.9 Å². The topological polar surface area (TPSA) is 48.8 Å². The largest absolute Gasteiger partial charge is 0.313 e. The zero-order valence-electron chi connectivity index (χ0n) is 20.5. The van der Waals surface area contributed by atoms with E-state index in [4.69, 9.17) is 4.99 Å². The average molecular weight is 465 g/mol. The monoisotopic (exact) mass is 464 g/mol. The quantitative estimate of drug-likeness (QED) is 0.221. The minimum absolute atomic E-state index is 0.240. The number of hydrogen-bond acceptors (Lipinski definition) is 4. The molecule has 4 nitrogen and oxygen atoms in total. The van der Waals surface area contributed by atoms with Crippen molar-refractivity contribution in [2.24, 2.45) is 9.98 Å². The van der Waals surface area contributed by atoms with Gasteiger partial charge in [-0.3, -0.25) is 9.98 Å². The minimum atomic E-state index is 0.240. The summed E-state index contributed by atoms with van der Waals surface area (Å²) in [5.41, 5.74) is 4.61. The second kappa shape index (κ2) is 16.2. The predicted octanol–water partition coefficient (Wildman–Crippen LogP) is 5.39. The lowest BCUT2D eigenvalue weighted by Gasteiger charge is -2.13. The van der Waals surface area contributed by atoms with Gasteiger partial charge in [-0.15, -0.1) is 0 Å². The molecule has 0 aliphatic heterocycles. The molecule has 0 heterocycles. The number of unbranched alkanes of at least 4 members (excludes halogenated alkanes) is 1. The van der Waals surface area contributed by atoms with Gasteiger partial charge in [0.1, 0.15) is 0 Å². The van der Waals surface area contributed by atoms with Gasteiger partial charge in [0.2, 0.25) is 0 Å². The van der Waals surface area contributed by atoms with Crippen LogP contribution in [0.5, 0.6) is 0 Å². The summed E-state index contributed by atoms with van der Waals surface area (Å²) in [7, 11) is 0. The molecule has 0 amide bonds. The predicted molar refractivity (Wildman–Crippen MR) is 149 cm³/mol. The van der Waals surface area contributed by atoms with Crippen LogP contribution in [0.15, 0.2) is 89.4 Å². The van der Waals surface area contributed by atoms with E-state index in [9.17, 15) is 0 Å². The first kappa shape index (κ1) is 26.1. The third-order valence-corrected chi connectivity index (χ3v) is 5.64. The van der Waals surface area contributed by atoms with Crippen LogP contribution < -0.4 is 10.6 Å². The van der Waals surface area contributed by atoms with Crippen LogP contribution in [0.4, 0.5) is 0 Å². The van der Waals surface area contributed by atoms with E-state index >= 15 is 0 Å². The van der Waals surface area contributed by atoms with E-state index in [1.54, 1.807) is 0 Å². The zero-order valence-corrected chi connectivity index (χ0v) is 20.5. The first-order valence-corrected chi connectivity index (χ1v) is 12.4. The Labute approximate surface area is 210 Å². The van der Waals surface area contributed by atoms with Gasteiger partial charge >= 0.3 is 0 Å². The van der Waals surface area contributed by atoms with Crippen molar-refractivity contribution in [3.8, 4) is 0 Å².